The predicted octanol–water partition coefficient (Wildman–Crippen LogP) is 5.25. The summed E-state index contributed by atoms with van der Waals surface area (Å²) in [5.74, 6) is 0.576. The minimum absolute atomic E-state index is 0.138. The minimum atomic E-state index is -0.316. The van der Waals surface area contributed by atoms with Gasteiger partial charge in [0.2, 0.25) is 0 Å². The van der Waals surface area contributed by atoms with Gasteiger partial charge in [-0.1, -0.05) is 24.3 Å². The van der Waals surface area contributed by atoms with Crippen molar-refractivity contribution in [2.45, 2.75) is 45.6 Å². The molecule has 2 nitrogen and oxygen atoms in total. The lowest BCUT2D eigenvalue weighted by Gasteiger charge is -2.34. The van der Waals surface area contributed by atoms with Crippen LogP contribution in [0.2, 0.25) is 0 Å². The molecule has 1 fully saturated rings. The Morgan fingerprint density at radius 1 is 1.08 bits per heavy atom. The zero-order valence-corrected chi connectivity index (χ0v) is 15.2. The second-order valence-electron chi connectivity index (χ2n) is 7.43. The van der Waals surface area contributed by atoms with Crippen molar-refractivity contribution < 1.29 is 9.50 Å². The van der Waals surface area contributed by atoms with Gasteiger partial charge in [-0.2, -0.15) is 0 Å². The number of hydrogen-bond acceptors (Lipinski definition) is 2. The third kappa shape index (κ3) is 4.40. The number of rotatable bonds is 5. The van der Waals surface area contributed by atoms with Crippen LogP contribution in [0, 0.1) is 11.7 Å². The van der Waals surface area contributed by atoms with Crippen molar-refractivity contribution in [2.75, 3.05) is 13.1 Å². The molecule has 0 bridgehead atoms. The van der Waals surface area contributed by atoms with Crippen LogP contribution >= 0.6 is 0 Å². The monoisotopic (exact) mass is 341 g/mol. The number of hydrogen-bond donors (Lipinski definition) is 1. The molecule has 0 spiro atoms. The fraction of sp³-hybridized carbons (Fsp3) is 0.455. The summed E-state index contributed by atoms with van der Waals surface area (Å²) in [4.78, 5) is 2.55. The summed E-state index contributed by atoms with van der Waals surface area (Å²) in [6, 6.07) is 12.8. The Balaban J connectivity index is 1.69. The first kappa shape index (κ1) is 17.9. The number of aryl methyl sites for hydroxylation is 1. The molecule has 0 atom stereocenters. The molecule has 0 amide bonds. The number of halogens is 1. The molecule has 1 N–H and O–H groups in total. The Morgan fingerprint density at radius 2 is 1.80 bits per heavy atom. The van der Waals surface area contributed by atoms with E-state index < -0.39 is 0 Å². The van der Waals surface area contributed by atoms with Crippen molar-refractivity contribution in [3.8, 4) is 16.9 Å². The number of benzene rings is 2. The van der Waals surface area contributed by atoms with Crippen LogP contribution in [0.15, 0.2) is 42.5 Å². The second kappa shape index (κ2) is 8.01. The second-order valence-corrected chi connectivity index (χ2v) is 7.43. The highest BCUT2D eigenvalue weighted by Crippen LogP contribution is 2.33. The van der Waals surface area contributed by atoms with Crippen LogP contribution in [0.5, 0.6) is 5.75 Å². The maximum Gasteiger partial charge on any atom is 0.124 e. The van der Waals surface area contributed by atoms with Crippen LogP contribution < -0.4 is 0 Å². The lowest BCUT2D eigenvalue weighted by molar-refractivity contribution is 0.146. The SMILES string of the molecule is CC(C)N1CCC(CCc2ccccc2-c2cc(F)ccc2O)CC1. The lowest BCUT2D eigenvalue weighted by atomic mass is 9.88. The van der Waals surface area contributed by atoms with Crippen LogP contribution in [0.4, 0.5) is 4.39 Å². The summed E-state index contributed by atoms with van der Waals surface area (Å²) in [6.07, 6.45) is 4.63. The zero-order valence-electron chi connectivity index (χ0n) is 15.2. The summed E-state index contributed by atoms with van der Waals surface area (Å²) in [5.41, 5.74) is 2.72. The van der Waals surface area contributed by atoms with E-state index in [2.05, 4.69) is 24.8 Å². The highest BCUT2D eigenvalue weighted by atomic mass is 19.1. The zero-order chi connectivity index (χ0) is 17.8. The van der Waals surface area contributed by atoms with Crippen molar-refractivity contribution >= 4 is 0 Å². The van der Waals surface area contributed by atoms with E-state index in [0.29, 0.717) is 11.6 Å². The molecule has 1 aliphatic rings. The Labute approximate surface area is 150 Å². The summed E-state index contributed by atoms with van der Waals surface area (Å²) < 4.78 is 13.6. The molecule has 3 rings (SSSR count). The maximum absolute atomic E-state index is 13.6. The third-order valence-electron chi connectivity index (χ3n) is 5.47. The number of aromatic hydroxyl groups is 1. The van der Waals surface area contributed by atoms with Crippen LogP contribution in [-0.4, -0.2) is 29.1 Å². The van der Waals surface area contributed by atoms with Gasteiger partial charge >= 0.3 is 0 Å². The molecule has 2 aromatic rings. The Hall–Kier alpha value is -1.87. The first-order valence-electron chi connectivity index (χ1n) is 9.35. The van der Waals surface area contributed by atoms with Crippen LogP contribution in [0.1, 0.15) is 38.7 Å². The van der Waals surface area contributed by atoms with Gasteiger partial charge in [0.05, 0.1) is 0 Å². The van der Waals surface area contributed by atoms with Crippen molar-refractivity contribution in [3.63, 3.8) is 0 Å². The molecule has 25 heavy (non-hydrogen) atoms. The fourth-order valence-electron chi connectivity index (χ4n) is 3.84. The number of piperidine rings is 1. The molecule has 3 heteroatoms. The average molecular weight is 341 g/mol. The molecular weight excluding hydrogens is 313 g/mol. The molecule has 0 saturated carbocycles. The van der Waals surface area contributed by atoms with E-state index in [-0.39, 0.29) is 11.6 Å². The van der Waals surface area contributed by atoms with Gasteiger partial charge in [-0.3, -0.25) is 0 Å². The molecule has 0 aliphatic carbocycles. The lowest BCUT2D eigenvalue weighted by Crippen LogP contribution is -2.38. The highest BCUT2D eigenvalue weighted by Gasteiger charge is 2.21. The molecular formula is C22H28FNO. The van der Waals surface area contributed by atoms with E-state index >= 15 is 0 Å². The Bertz CT molecular complexity index is 705. The number of phenols is 1. The topological polar surface area (TPSA) is 23.5 Å². The van der Waals surface area contributed by atoms with E-state index in [1.54, 1.807) is 0 Å². The van der Waals surface area contributed by atoms with Gasteiger partial charge in [0.1, 0.15) is 11.6 Å². The first-order chi connectivity index (χ1) is 12.0. The maximum atomic E-state index is 13.6. The average Bonchev–Trinajstić information content (AvgIpc) is 2.62. The van der Waals surface area contributed by atoms with Gasteiger partial charge in [0, 0.05) is 11.6 Å². The number of nitrogens with zero attached hydrogens (tertiary/aromatic N) is 1. The van der Waals surface area contributed by atoms with Gasteiger partial charge in [-0.05, 0) is 87.9 Å². The smallest absolute Gasteiger partial charge is 0.124 e. The fourth-order valence-corrected chi connectivity index (χ4v) is 3.84. The summed E-state index contributed by atoms with van der Waals surface area (Å²) in [5, 5.41) is 10.1. The van der Waals surface area contributed by atoms with Gasteiger partial charge < -0.3 is 10.0 Å². The molecule has 1 aliphatic heterocycles. The van der Waals surface area contributed by atoms with Crippen molar-refractivity contribution in [1.82, 2.24) is 4.90 Å². The molecule has 0 aromatic heterocycles. The van der Waals surface area contributed by atoms with E-state index in [1.165, 1.54) is 49.7 Å². The molecule has 1 heterocycles. The Kier molecular flexibility index (Phi) is 5.74. The summed E-state index contributed by atoms with van der Waals surface area (Å²) >= 11 is 0. The van der Waals surface area contributed by atoms with Crippen molar-refractivity contribution in [1.29, 1.82) is 0 Å². The van der Waals surface area contributed by atoms with Gasteiger partial charge in [0.15, 0.2) is 0 Å². The summed E-state index contributed by atoms with van der Waals surface area (Å²) in [7, 11) is 0. The Morgan fingerprint density at radius 3 is 2.52 bits per heavy atom. The van der Waals surface area contributed by atoms with E-state index in [4.69, 9.17) is 0 Å². The minimum Gasteiger partial charge on any atom is -0.507 e. The van der Waals surface area contributed by atoms with Crippen LogP contribution in [-0.2, 0) is 6.42 Å². The van der Waals surface area contributed by atoms with Crippen LogP contribution in [0.25, 0.3) is 11.1 Å². The number of phenolic OH excluding ortho intramolecular Hbond substituents is 1. The normalized spacial score (nSPS) is 16.5. The molecule has 134 valence electrons. The molecule has 2 aromatic carbocycles. The van der Waals surface area contributed by atoms with E-state index in [0.717, 1.165) is 24.3 Å². The largest absolute Gasteiger partial charge is 0.507 e. The summed E-state index contributed by atoms with van der Waals surface area (Å²) in [6.45, 7) is 6.91. The first-order valence-corrected chi connectivity index (χ1v) is 9.35. The molecule has 0 radical (unpaired) electrons. The molecule has 1 saturated heterocycles. The predicted molar refractivity (Wildman–Crippen MR) is 101 cm³/mol. The standard InChI is InChI=1S/C22H28FNO/c1-16(2)24-13-11-17(12-14-24)7-8-18-5-3-4-6-20(18)21-15-19(23)9-10-22(21)25/h3-6,9-10,15-17,25H,7-8,11-14H2,1-2H3. The van der Waals surface area contributed by atoms with Crippen LogP contribution in [0.3, 0.4) is 0 Å². The molecule has 0 unspecified atom stereocenters. The quantitative estimate of drug-likeness (QED) is 0.803. The van der Waals surface area contributed by atoms with E-state index in [9.17, 15) is 9.50 Å². The van der Waals surface area contributed by atoms with Gasteiger partial charge in [-0.15, -0.1) is 0 Å². The third-order valence-corrected chi connectivity index (χ3v) is 5.47. The number of likely N-dealkylation sites (tertiary alicyclic amines) is 1. The van der Waals surface area contributed by atoms with Crippen molar-refractivity contribution in [2.24, 2.45) is 5.92 Å². The highest BCUT2D eigenvalue weighted by molar-refractivity contribution is 5.73. The van der Waals surface area contributed by atoms with E-state index in [1.807, 2.05) is 18.2 Å². The van der Waals surface area contributed by atoms with Crippen molar-refractivity contribution in [3.05, 3.63) is 53.8 Å². The van der Waals surface area contributed by atoms with Gasteiger partial charge in [-0.25, -0.2) is 4.39 Å². The van der Waals surface area contributed by atoms with Gasteiger partial charge in [0.25, 0.3) is 0 Å².